The lowest BCUT2D eigenvalue weighted by Crippen LogP contribution is -2.14. The molecule has 6 heteroatoms. The number of aromatic nitrogens is 2. The number of carbonyl (C=O) groups excluding carboxylic acids is 1. The molecule has 3 aromatic rings. The monoisotopic (exact) mass is 325 g/mol. The molecular formula is C18H16FN3O2. The van der Waals surface area contributed by atoms with Crippen LogP contribution in [-0.2, 0) is 4.74 Å². The normalized spacial score (nSPS) is 17.3. The summed E-state index contributed by atoms with van der Waals surface area (Å²) in [5.41, 5.74) is 1.96. The molecule has 0 radical (unpaired) electrons. The molecule has 122 valence electrons. The second kappa shape index (κ2) is 6.05. The van der Waals surface area contributed by atoms with Gasteiger partial charge in [0.25, 0.3) is 5.91 Å². The van der Waals surface area contributed by atoms with E-state index in [4.69, 9.17) is 4.74 Å². The van der Waals surface area contributed by atoms with Gasteiger partial charge in [-0.1, -0.05) is 0 Å². The van der Waals surface area contributed by atoms with Crippen LogP contribution in [0, 0.1) is 5.82 Å². The van der Waals surface area contributed by atoms with Crippen molar-refractivity contribution in [2.75, 3.05) is 18.5 Å². The fourth-order valence-electron chi connectivity index (χ4n) is 3.07. The maximum absolute atomic E-state index is 13.7. The van der Waals surface area contributed by atoms with E-state index in [0.29, 0.717) is 29.2 Å². The van der Waals surface area contributed by atoms with Gasteiger partial charge in [0.2, 0.25) is 0 Å². The average molecular weight is 325 g/mol. The lowest BCUT2D eigenvalue weighted by Gasteiger charge is -2.10. The van der Waals surface area contributed by atoms with Crippen LogP contribution >= 0.6 is 0 Å². The number of benzene rings is 1. The number of nitrogens with zero attached hydrogens (tertiary/aromatic N) is 1. The highest BCUT2D eigenvalue weighted by Crippen LogP contribution is 2.26. The quantitative estimate of drug-likeness (QED) is 0.775. The average Bonchev–Trinajstić information content (AvgIpc) is 3.25. The molecule has 4 rings (SSSR count). The van der Waals surface area contributed by atoms with E-state index in [1.165, 1.54) is 12.1 Å². The number of hydrogen-bond acceptors (Lipinski definition) is 3. The van der Waals surface area contributed by atoms with Crippen LogP contribution in [0.4, 0.5) is 10.2 Å². The molecule has 1 atom stereocenters. The third-order valence-corrected chi connectivity index (χ3v) is 4.30. The van der Waals surface area contributed by atoms with E-state index < -0.39 is 5.82 Å². The van der Waals surface area contributed by atoms with Gasteiger partial charge in [0.05, 0.1) is 12.2 Å². The molecule has 2 aromatic heterocycles. The van der Waals surface area contributed by atoms with E-state index in [1.54, 1.807) is 18.5 Å². The number of ether oxygens (including phenoxy) is 1. The Labute approximate surface area is 137 Å². The van der Waals surface area contributed by atoms with Crippen molar-refractivity contribution in [3.8, 4) is 0 Å². The number of pyridine rings is 1. The van der Waals surface area contributed by atoms with Crippen molar-refractivity contribution in [1.29, 1.82) is 0 Å². The number of H-pyrrole nitrogens is 1. The van der Waals surface area contributed by atoms with Gasteiger partial charge >= 0.3 is 0 Å². The highest BCUT2D eigenvalue weighted by atomic mass is 19.1. The third kappa shape index (κ3) is 2.76. The molecule has 0 aliphatic carbocycles. The number of amides is 1. The highest BCUT2D eigenvalue weighted by molar-refractivity contribution is 6.12. The van der Waals surface area contributed by atoms with Crippen LogP contribution in [0.2, 0.25) is 0 Å². The second-order valence-electron chi connectivity index (χ2n) is 5.88. The third-order valence-electron chi connectivity index (χ3n) is 4.30. The Balaban J connectivity index is 1.61. The van der Waals surface area contributed by atoms with Crippen molar-refractivity contribution in [1.82, 2.24) is 9.97 Å². The van der Waals surface area contributed by atoms with E-state index in [9.17, 15) is 9.18 Å². The minimum atomic E-state index is -0.458. The lowest BCUT2D eigenvalue weighted by atomic mass is 10.00. The van der Waals surface area contributed by atoms with Crippen molar-refractivity contribution in [2.24, 2.45) is 0 Å². The van der Waals surface area contributed by atoms with Gasteiger partial charge in [-0.25, -0.2) is 9.37 Å². The van der Waals surface area contributed by atoms with E-state index in [2.05, 4.69) is 15.3 Å². The molecule has 24 heavy (non-hydrogen) atoms. The summed E-state index contributed by atoms with van der Waals surface area (Å²) >= 11 is 0. The van der Waals surface area contributed by atoms with Crippen LogP contribution in [0.5, 0.6) is 0 Å². The van der Waals surface area contributed by atoms with Crippen LogP contribution in [-0.4, -0.2) is 29.1 Å². The molecule has 5 nitrogen and oxygen atoms in total. The predicted molar refractivity (Wildman–Crippen MR) is 88.6 cm³/mol. The first-order valence-corrected chi connectivity index (χ1v) is 7.82. The standard InChI is InChI=1S/C18H16FN3O2/c19-13-8-15(14-2-5-20-16(14)9-13)18(23)22-17-7-11(1-4-21-17)12-3-6-24-10-12/h1-2,4-5,7-9,12,20H,3,6,10H2,(H,21,22,23)/t12-/m0/s1. The number of rotatable bonds is 3. The molecule has 1 saturated heterocycles. The number of halogens is 1. The smallest absolute Gasteiger partial charge is 0.257 e. The molecule has 1 fully saturated rings. The molecule has 1 amide bonds. The topological polar surface area (TPSA) is 67.0 Å². The number of anilines is 1. The van der Waals surface area contributed by atoms with Crippen LogP contribution in [0.1, 0.15) is 28.3 Å². The van der Waals surface area contributed by atoms with Gasteiger partial charge in [-0.05, 0) is 42.3 Å². The van der Waals surface area contributed by atoms with E-state index >= 15 is 0 Å². The van der Waals surface area contributed by atoms with Crippen molar-refractivity contribution < 1.29 is 13.9 Å². The van der Waals surface area contributed by atoms with Gasteiger partial charge < -0.3 is 15.0 Å². The Hall–Kier alpha value is -2.73. The maximum atomic E-state index is 13.7. The highest BCUT2D eigenvalue weighted by Gasteiger charge is 2.19. The summed E-state index contributed by atoms with van der Waals surface area (Å²) in [7, 11) is 0. The number of nitrogens with one attached hydrogen (secondary N) is 2. The van der Waals surface area contributed by atoms with Crippen molar-refractivity contribution in [2.45, 2.75) is 12.3 Å². The Morgan fingerprint density at radius 3 is 3.08 bits per heavy atom. The summed E-state index contributed by atoms with van der Waals surface area (Å²) in [6, 6.07) is 8.14. The van der Waals surface area contributed by atoms with Gasteiger partial charge in [-0.2, -0.15) is 0 Å². The summed E-state index contributed by atoms with van der Waals surface area (Å²) in [5.74, 6) is -0.0575. The number of fused-ring (bicyclic) bond motifs is 1. The van der Waals surface area contributed by atoms with E-state index in [1.807, 2.05) is 12.1 Å². The zero-order chi connectivity index (χ0) is 16.5. The molecule has 0 spiro atoms. The van der Waals surface area contributed by atoms with Crippen LogP contribution in [0.15, 0.2) is 42.7 Å². The number of hydrogen-bond donors (Lipinski definition) is 2. The zero-order valence-electron chi connectivity index (χ0n) is 12.9. The molecule has 3 heterocycles. The predicted octanol–water partition coefficient (Wildman–Crippen LogP) is 3.46. The molecule has 1 aliphatic heterocycles. The lowest BCUT2D eigenvalue weighted by molar-refractivity contribution is 0.102. The number of aromatic amines is 1. The van der Waals surface area contributed by atoms with Gasteiger partial charge in [-0.3, -0.25) is 4.79 Å². The molecule has 0 bridgehead atoms. The summed E-state index contributed by atoms with van der Waals surface area (Å²) in [6.45, 7) is 1.44. The summed E-state index contributed by atoms with van der Waals surface area (Å²) in [4.78, 5) is 19.7. The van der Waals surface area contributed by atoms with Gasteiger partial charge in [-0.15, -0.1) is 0 Å². The molecule has 1 aromatic carbocycles. The van der Waals surface area contributed by atoms with Crippen LogP contribution < -0.4 is 5.32 Å². The molecule has 0 unspecified atom stereocenters. The first kappa shape index (κ1) is 14.8. The molecule has 2 N–H and O–H groups in total. The van der Waals surface area contributed by atoms with Crippen molar-refractivity contribution >= 4 is 22.6 Å². The molecule has 1 aliphatic rings. The minimum Gasteiger partial charge on any atom is -0.381 e. The largest absolute Gasteiger partial charge is 0.381 e. The van der Waals surface area contributed by atoms with E-state index in [-0.39, 0.29) is 11.5 Å². The first-order valence-electron chi connectivity index (χ1n) is 7.82. The van der Waals surface area contributed by atoms with Crippen LogP contribution in [0.25, 0.3) is 10.9 Å². The summed E-state index contributed by atoms with van der Waals surface area (Å²) < 4.78 is 19.1. The summed E-state index contributed by atoms with van der Waals surface area (Å²) in [6.07, 6.45) is 4.31. The summed E-state index contributed by atoms with van der Waals surface area (Å²) in [5, 5.41) is 3.44. The van der Waals surface area contributed by atoms with Crippen LogP contribution in [0.3, 0.4) is 0 Å². The van der Waals surface area contributed by atoms with Crippen molar-refractivity contribution in [3.05, 3.63) is 59.7 Å². The van der Waals surface area contributed by atoms with E-state index in [0.717, 1.165) is 18.6 Å². The minimum absolute atomic E-state index is 0.280. The van der Waals surface area contributed by atoms with Crippen molar-refractivity contribution in [3.63, 3.8) is 0 Å². The first-order chi connectivity index (χ1) is 11.7. The second-order valence-corrected chi connectivity index (χ2v) is 5.88. The fourth-order valence-corrected chi connectivity index (χ4v) is 3.07. The maximum Gasteiger partial charge on any atom is 0.257 e. The number of carbonyl (C=O) groups is 1. The SMILES string of the molecule is O=C(Nc1cc([C@H]2CCOC2)ccn1)c1cc(F)cc2[nH]ccc12. The Morgan fingerprint density at radius 2 is 2.25 bits per heavy atom. The molecular weight excluding hydrogens is 309 g/mol. The van der Waals surface area contributed by atoms with Gasteiger partial charge in [0, 0.05) is 35.8 Å². The Kier molecular flexibility index (Phi) is 3.74. The van der Waals surface area contributed by atoms with Gasteiger partial charge in [0.15, 0.2) is 0 Å². The molecule has 0 saturated carbocycles. The van der Waals surface area contributed by atoms with Gasteiger partial charge in [0.1, 0.15) is 11.6 Å². The Morgan fingerprint density at radius 1 is 1.33 bits per heavy atom. The zero-order valence-corrected chi connectivity index (χ0v) is 12.9. The fraction of sp³-hybridized carbons (Fsp3) is 0.222. The Bertz CT molecular complexity index is 900.